The highest BCUT2D eigenvalue weighted by atomic mass is 32.1. The molecule has 0 unspecified atom stereocenters. The molecule has 36 heavy (non-hydrogen) atoms. The fraction of sp³-hybridized carbons (Fsp3) is 0.241. The molecule has 0 radical (unpaired) electrons. The topological polar surface area (TPSA) is 50.5 Å². The molecule has 2 aliphatic rings. The van der Waals surface area contributed by atoms with Gasteiger partial charge in [0.05, 0.1) is 17.8 Å². The summed E-state index contributed by atoms with van der Waals surface area (Å²) in [4.78, 5) is 6.66. The molecule has 0 spiro atoms. The Hall–Kier alpha value is -3.71. The number of nitrogens with one attached hydrogen (secondary N) is 1. The Morgan fingerprint density at radius 1 is 0.944 bits per heavy atom. The van der Waals surface area contributed by atoms with Crippen LogP contribution in [0.2, 0.25) is 0 Å². The molecule has 1 aliphatic heterocycles. The highest BCUT2D eigenvalue weighted by Crippen LogP contribution is 2.43. The van der Waals surface area contributed by atoms with Gasteiger partial charge in [-0.2, -0.15) is 0 Å². The van der Waals surface area contributed by atoms with Gasteiger partial charge < -0.3 is 19.4 Å². The van der Waals surface area contributed by atoms with Gasteiger partial charge >= 0.3 is 0 Å². The quantitative estimate of drug-likeness (QED) is 0.289. The highest BCUT2D eigenvalue weighted by molar-refractivity contribution is 7.80. The van der Waals surface area contributed by atoms with Gasteiger partial charge in [-0.3, -0.25) is 4.98 Å². The average molecular weight is 500 g/mol. The molecule has 7 heteroatoms. The first kappa shape index (κ1) is 22.7. The van der Waals surface area contributed by atoms with Crippen LogP contribution < -0.4 is 15.0 Å². The summed E-state index contributed by atoms with van der Waals surface area (Å²) in [6, 6.07) is 23.6. The minimum Gasteiger partial charge on any atom is -0.490 e. The van der Waals surface area contributed by atoms with Crippen molar-refractivity contribution in [3.8, 4) is 17.1 Å². The molecule has 1 saturated carbocycles. The number of anilines is 1. The smallest absolute Gasteiger partial charge is 0.174 e. The first-order valence-corrected chi connectivity index (χ1v) is 12.7. The molecule has 182 valence electrons. The average Bonchev–Trinajstić information content (AvgIpc) is 3.66. The summed E-state index contributed by atoms with van der Waals surface area (Å²) < 4.78 is 25.9. The number of aromatic nitrogens is 1. The van der Waals surface area contributed by atoms with Crippen LogP contribution >= 0.6 is 12.2 Å². The molecule has 1 saturated heterocycles. The fourth-order valence-electron chi connectivity index (χ4n) is 5.09. The summed E-state index contributed by atoms with van der Waals surface area (Å²) in [6.07, 6.45) is 6.78. The van der Waals surface area contributed by atoms with Gasteiger partial charge in [0.2, 0.25) is 0 Å². The third kappa shape index (κ3) is 4.46. The lowest BCUT2D eigenvalue weighted by Gasteiger charge is -2.26. The van der Waals surface area contributed by atoms with Crippen LogP contribution in [0.1, 0.15) is 49.2 Å². The van der Waals surface area contributed by atoms with Crippen LogP contribution in [0, 0.1) is 5.82 Å². The number of hydrogen-bond donors (Lipinski definition) is 1. The zero-order valence-corrected chi connectivity index (χ0v) is 20.5. The van der Waals surface area contributed by atoms with Crippen molar-refractivity contribution in [2.75, 3.05) is 4.90 Å². The molecule has 2 fully saturated rings. The summed E-state index contributed by atoms with van der Waals surface area (Å²) in [5.41, 5.74) is 2.62. The third-order valence-corrected chi connectivity index (χ3v) is 7.18. The minimum absolute atomic E-state index is 0.208. The lowest BCUT2D eigenvalue weighted by Crippen LogP contribution is -2.29. The third-order valence-electron chi connectivity index (χ3n) is 6.86. The number of hydrogen-bond acceptors (Lipinski definition) is 4. The summed E-state index contributed by atoms with van der Waals surface area (Å²) >= 11 is 5.81. The van der Waals surface area contributed by atoms with E-state index in [2.05, 4.69) is 15.2 Å². The molecule has 1 N–H and O–H groups in total. The van der Waals surface area contributed by atoms with Crippen molar-refractivity contribution in [3.63, 3.8) is 0 Å². The molecule has 1 aliphatic carbocycles. The van der Waals surface area contributed by atoms with E-state index < -0.39 is 0 Å². The summed E-state index contributed by atoms with van der Waals surface area (Å²) in [7, 11) is 0. The van der Waals surface area contributed by atoms with E-state index in [1.165, 1.54) is 25.0 Å². The van der Waals surface area contributed by atoms with Gasteiger partial charge in [0.15, 0.2) is 5.11 Å². The molecule has 2 aromatic carbocycles. The van der Waals surface area contributed by atoms with E-state index in [-0.39, 0.29) is 17.9 Å². The number of pyridine rings is 1. The van der Waals surface area contributed by atoms with Gasteiger partial charge in [0.25, 0.3) is 0 Å². The Labute approximate surface area is 214 Å². The molecular weight excluding hydrogens is 473 g/mol. The second-order valence-corrected chi connectivity index (χ2v) is 9.61. The number of nitrogens with zero attached hydrogens (tertiary/aromatic N) is 2. The Kier molecular flexibility index (Phi) is 6.15. The van der Waals surface area contributed by atoms with Crippen LogP contribution in [0.3, 0.4) is 0 Å². The Balaban J connectivity index is 1.34. The van der Waals surface area contributed by atoms with Crippen LogP contribution in [0.15, 0.2) is 89.5 Å². The highest BCUT2D eigenvalue weighted by Gasteiger charge is 2.42. The number of ether oxygens (including phenoxy) is 1. The van der Waals surface area contributed by atoms with Crippen LogP contribution in [0.4, 0.5) is 10.1 Å². The maximum atomic E-state index is 13.4. The van der Waals surface area contributed by atoms with E-state index in [1.807, 2.05) is 54.6 Å². The van der Waals surface area contributed by atoms with Crippen molar-refractivity contribution in [1.29, 1.82) is 0 Å². The minimum atomic E-state index is -0.280. The predicted octanol–water partition coefficient (Wildman–Crippen LogP) is 6.98. The number of thiocarbonyl (C=S) groups is 1. The lowest BCUT2D eigenvalue weighted by molar-refractivity contribution is 0.210. The monoisotopic (exact) mass is 499 g/mol. The SMILES string of the molecule is Fc1ccc(-c2ccc([C@@H]3[C@H](c4ccccn4)NC(=S)N3c3ccc(OC4CCCC4)cc3)o2)cc1. The molecule has 0 amide bonds. The van der Waals surface area contributed by atoms with Crippen LogP contribution in [-0.4, -0.2) is 16.2 Å². The van der Waals surface area contributed by atoms with E-state index in [1.54, 1.807) is 18.3 Å². The molecule has 2 aromatic heterocycles. The van der Waals surface area contributed by atoms with E-state index in [0.717, 1.165) is 41.3 Å². The zero-order valence-electron chi connectivity index (χ0n) is 19.6. The molecular formula is C29H26FN3O2S. The van der Waals surface area contributed by atoms with Crippen molar-refractivity contribution < 1.29 is 13.5 Å². The number of furan rings is 1. The van der Waals surface area contributed by atoms with Gasteiger partial charge in [0, 0.05) is 17.4 Å². The van der Waals surface area contributed by atoms with Crippen molar-refractivity contribution in [2.45, 2.75) is 43.9 Å². The Morgan fingerprint density at radius 3 is 2.44 bits per heavy atom. The molecule has 0 bridgehead atoms. The van der Waals surface area contributed by atoms with E-state index >= 15 is 0 Å². The molecule has 6 rings (SSSR count). The van der Waals surface area contributed by atoms with Gasteiger partial charge in [-0.05, 0) is 111 Å². The van der Waals surface area contributed by atoms with Crippen molar-refractivity contribution in [3.05, 3.63) is 102 Å². The molecule has 4 aromatic rings. The second-order valence-electron chi connectivity index (χ2n) is 9.22. The van der Waals surface area contributed by atoms with Gasteiger partial charge in [-0.15, -0.1) is 0 Å². The molecule has 3 heterocycles. The van der Waals surface area contributed by atoms with E-state index in [0.29, 0.717) is 17.0 Å². The van der Waals surface area contributed by atoms with Crippen LogP contribution in [-0.2, 0) is 0 Å². The number of halogens is 1. The Bertz CT molecular complexity index is 1340. The van der Waals surface area contributed by atoms with Gasteiger partial charge in [0.1, 0.15) is 29.1 Å². The first-order valence-electron chi connectivity index (χ1n) is 12.3. The summed E-state index contributed by atoms with van der Waals surface area (Å²) in [5, 5.41) is 4.05. The van der Waals surface area contributed by atoms with E-state index in [4.69, 9.17) is 21.4 Å². The second kappa shape index (κ2) is 9.74. The first-order chi connectivity index (χ1) is 17.7. The van der Waals surface area contributed by atoms with Gasteiger partial charge in [-0.25, -0.2) is 4.39 Å². The predicted molar refractivity (Wildman–Crippen MR) is 141 cm³/mol. The molecule has 2 atom stereocenters. The number of rotatable bonds is 6. The van der Waals surface area contributed by atoms with Gasteiger partial charge in [-0.1, -0.05) is 6.07 Å². The zero-order chi connectivity index (χ0) is 24.5. The van der Waals surface area contributed by atoms with Crippen LogP contribution in [0.5, 0.6) is 5.75 Å². The Morgan fingerprint density at radius 2 is 1.72 bits per heavy atom. The fourth-order valence-corrected chi connectivity index (χ4v) is 5.43. The van der Waals surface area contributed by atoms with Crippen LogP contribution in [0.25, 0.3) is 11.3 Å². The number of benzene rings is 2. The van der Waals surface area contributed by atoms with Crippen molar-refractivity contribution in [1.82, 2.24) is 10.3 Å². The standard InChI is InChI=1S/C29H26FN3O2S/c30-20-10-8-19(9-11-20)25-16-17-26(35-25)28-27(24-7-3-4-18-31-24)32-29(36)33(28)21-12-14-23(15-13-21)34-22-5-1-2-6-22/h3-4,7-18,22,27-28H,1-2,5-6H2,(H,32,36)/t27-,28+/m0/s1. The van der Waals surface area contributed by atoms with Crippen molar-refractivity contribution >= 4 is 23.0 Å². The van der Waals surface area contributed by atoms with Crippen molar-refractivity contribution in [2.24, 2.45) is 0 Å². The largest absolute Gasteiger partial charge is 0.490 e. The molecule has 5 nitrogen and oxygen atoms in total. The summed E-state index contributed by atoms with van der Waals surface area (Å²) in [6.45, 7) is 0. The van der Waals surface area contributed by atoms with E-state index in [9.17, 15) is 4.39 Å². The summed E-state index contributed by atoms with van der Waals surface area (Å²) in [5.74, 6) is 2.00. The lowest BCUT2D eigenvalue weighted by atomic mass is 10.0. The normalized spacial score (nSPS) is 20.0. The maximum absolute atomic E-state index is 13.4. The maximum Gasteiger partial charge on any atom is 0.174 e.